The summed E-state index contributed by atoms with van der Waals surface area (Å²) in [6, 6.07) is 6.65. The van der Waals surface area contributed by atoms with E-state index in [0.29, 0.717) is 0 Å². The number of rotatable bonds is 5. The molecule has 1 aromatic rings. The van der Waals surface area contributed by atoms with Gasteiger partial charge in [0.2, 0.25) is 0 Å². The van der Waals surface area contributed by atoms with Crippen LogP contribution in [0.3, 0.4) is 0 Å². The Labute approximate surface area is 105 Å². The maximum atomic E-state index is 5.46. The molecule has 0 radical (unpaired) electrons. The van der Waals surface area contributed by atoms with Crippen molar-refractivity contribution in [1.82, 2.24) is 0 Å². The van der Waals surface area contributed by atoms with Crippen LogP contribution in [0.15, 0.2) is 18.2 Å². The number of hydrogen-bond acceptors (Lipinski definition) is 1. The highest BCUT2D eigenvalue weighted by Crippen LogP contribution is 2.12. The topological polar surface area (TPSA) is 26.0 Å². The molecule has 0 spiro atoms. The standard InChI is InChI=1S/C16H23N/c1-3-14-10-11-15(4-2)16(13-14)9-7-5-6-8-12-17/h10-11,13H,3-6,8,12,17H2,1-2H3. The Morgan fingerprint density at radius 1 is 1.12 bits per heavy atom. The van der Waals surface area contributed by atoms with E-state index in [1.165, 1.54) is 16.7 Å². The molecule has 1 heteroatoms. The predicted octanol–water partition coefficient (Wildman–Crippen LogP) is 3.29. The smallest absolute Gasteiger partial charge is 0.0279 e. The van der Waals surface area contributed by atoms with Crippen molar-refractivity contribution in [2.45, 2.75) is 46.0 Å². The molecule has 0 aliphatic rings. The molecule has 2 N–H and O–H groups in total. The molecular formula is C16H23N. The second-order valence-corrected chi connectivity index (χ2v) is 4.25. The molecule has 0 saturated heterocycles. The first-order chi connectivity index (χ1) is 8.31. The Kier molecular flexibility index (Phi) is 6.43. The van der Waals surface area contributed by atoms with Gasteiger partial charge < -0.3 is 5.73 Å². The van der Waals surface area contributed by atoms with Gasteiger partial charge in [-0.2, -0.15) is 0 Å². The summed E-state index contributed by atoms with van der Waals surface area (Å²) in [6.07, 6.45) is 5.27. The normalized spacial score (nSPS) is 9.82. The molecular weight excluding hydrogens is 206 g/mol. The average molecular weight is 229 g/mol. The highest BCUT2D eigenvalue weighted by atomic mass is 14.5. The molecule has 0 heterocycles. The first-order valence-corrected chi connectivity index (χ1v) is 6.62. The molecule has 0 bridgehead atoms. The van der Waals surface area contributed by atoms with Crippen LogP contribution in [0.5, 0.6) is 0 Å². The molecule has 0 fully saturated rings. The summed E-state index contributed by atoms with van der Waals surface area (Å²) in [5.41, 5.74) is 9.39. The summed E-state index contributed by atoms with van der Waals surface area (Å²) in [4.78, 5) is 0. The van der Waals surface area contributed by atoms with Crippen molar-refractivity contribution in [3.63, 3.8) is 0 Å². The van der Waals surface area contributed by atoms with E-state index in [9.17, 15) is 0 Å². The monoisotopic (exact) mass is 229 g/mol. The van der Waals surface area contributed by atoms with Gasteiger partial charge in [0.25, 0.3) is 0 Å². The predicted molar refractivity (Wildman–Crippen MR) is 75.0 cm³/mol. The zero-order valence-electron chi connectivity index (χ0n) is 11.1. The molecule has 0 aliphatic carbocycles. The lowest BCUT2D eigenvalue weighted by atomic mass is 10.0. The van der Waals surface area contributed by atoms with Crippen molar-refractivity contribution in [3.05, 3.63) is 34.9 Å². The largest absolute Gasteiger partial charge is 0.330 e. The molecule has 0 saturated carbocycles. The summed E-state index contributed by atoms with van der Waals surface area (Å²) >= 11 is 0. The van der Waals surface area contributed by atoms with E-state index in [2.05, 4.69) is 43.9 Å². The van der Waals surface area contributed by atoms with Crippen LogP contribution in [-0.4, -0.2) is 6.54 Å². The Morgan fingerprint density at radius 2 is 1.94 bits per heavy atom. The average Bonchev–Trinajstić information content (AvgIpc) is 2.38. The van der Waals surface area contributed by atoms with Gasteiger partial charge in [0, 0.05) is 12.0 Å². The minimum absolute atomic E-state index is 0.771. The second kappa shape index (κ2) is 7.92. The summed E-state index contributed by atoms with van der Waals surface area (Å²) in [7, 11) is 0. The molecule has 1 rings (SSSR count). The van der Waals surface area contributed by atoms with Gasteiger partial charge in [0.1, 0.15) is 0 Å². The van der Waals surface area contributed by atoms with E-state index in [4.69, 9.17) is 5.73 Å². The van der Waals surface area contributed by atoms with Crippen molar-refractivity contribution in [1.29, 1.82) is 0 Å². The number of benzene rings is 1. The van der Waals surface area contributed by atoms with Crippen molar-refractivity contribution >= 4 is 0 Å². The van der Waals surface area contributed by atoms with Crippen LogP contribution in [0.1, 0.15) is 49.8 Å². The zero-order chi connectivity index (χ0) is 12.5. The zero-order valence-corrected chi connectivity index (χ0v) is 11.1. The lowest BCUT2D eigenvalue weighted by Crippen LogP contribution is -1.97. The van der Waals surface area contributed by atoms with Crippen LogP contribution in [0.2, 0.25) is 0 Å². The Morgan fingerprint density at radius 3 is 2.59 bits per heavy atom. The van der Waals surface area contributed by atoms with Gasteiger partial charge in [0.15, 0.2) is 0 Å². The summed E-state index contributed by atoms with van der Waals surface area (Å²) in [5, 5.41) is 0. The second-order valence-electron chi connectivity index (χ2n) is 4.25. The van der Waals surface area contributed by atoms with Gasteiger partial charge in [-0.1, -0.05) is 37.8 Å². The van der Waals surface area contributed by atoms with E-state index in [1.807, 2.05) is 0 Å². The lowest BCUT2D eigenvalue weighted by Gasteiger charge is -2.04. The van der Waals surface area contributed by atoms with Gasteiger partial charge in [-0.25, -0.2) is 0 Å². The van der Waals surface area contributed by atoms with Gasteiger partial charge in [-0.15, -0.1) is 0 Å². The number of aryl methyl sites for hydroxylation is 2. The van der Waals surface area contributed by atoms with Crippen LogP contribution < -0.4 is 5.73 Å². The molecule has 0 aliphatic heterocycles. The van der Waals surface area contributed by atoms with Crippen LogP contribution in [-0.2, 0) is 12.8 Å². The quantitative estimate of drug-likeness (QED) is 0.608. The number of unbranched alkanes of at least 4 members (excludes halogenated alkanes) is 2. The molecule has 0 atom stereocenters. The van der Waals surface area contributed by atoms with Crippen LogP contribution >= 0.6 is 0 Å². The van der Waals surface area contributed by atoms with E-state index in [1.54, 1.807) is 0 Å². The molecule has 92 valence electrons. The Bertz CT molecular complexity index is 396. The molecule has 17 heavy (non-hydrogen) atoms. The van der Waals surface area contributed by atoms with Crippen molar-refractivity contribution in [2.24, 2.45) is 5.73 Å². The van der Waals surface area contributed by atoms with E-state index in [0.717, 1.165) is 38.6 Å². The molecule has 0 unspecified atom stereocenters. The SMILES string of the molecule is CCc1ccc(CC)c(C#CCCCCN)c1. The lowest BCUT2D eigenvalue weighted by molar-refractivity contribution is 0.768. The fraction of sp³-hybridized carbons (Fsp3) is 0.500. The Hall–Kier alpha value is -1.26. The number of hydrogen-bond donors (Lipinski definition) is 1. The minimum atomic E-state index is 0.771. The molecule has 0 aromatic heterocycles. The van der Waals surface area contributed by atoms with E-state index in [-0.39, 0.29) is 0 Å². The fourth-order valence-electron chi connectivity index (χ4n) is 1.78. The van der Waals surface area contributed by atoms with Gasteiger partial charge in [-0.3, -0.25) is 0 Å². The first-order valence-electron chi connectivity index (χ1n) is 6.62. The van der Waals surface area contributed by atoms with Gasteiger partial charge >= 0.3 is 0 Å². The fourth-order valence-corrected chi connectivity index (χ4v) is 1.78. The Balaban J connectivity index is 2.73. The van der Waals surface area contributed by atoms with Crippen molar-refractivity contribution < 1.29 is 0 Å². The summed E-state index contributed by atoms with van der Waals surface area (Å²) in [6.45, 7) is 5.13. The summed E-state index contributed by atoms with van der Waals surface area (Å²) in [5.74, 6) is 6.56. The van der Waals surface area contributed by atoms with E-state index < -0.39 is 0 Å². The summed E-state index contributed by atoms with van der Waals surface area (Å²) < 4.78 is 0. The molecule has 1 aromatic carbocycles. The third kappa shape index (κ3) is 4.63. The van der Waals surface area contributed by atoms with Crippen LogP contribution in [0.25, 0.3) is 0 Å². The third-order valence-electron chi connectivity index (χ3n) is 2.94. The number of nitrogens with two attached hydrogens (primary N) is 1. The maximum Gasteiger partial charge on any atom is 0.0279 e. The molecule has 0 amide bonds. The third-order valence-corrected chi connectivity index (χ3v) is 2.94. The van der Waals surface area contributed by atoms with Crippen LogP contribution in [0.4, 0.5) is 0 Å². The van der Waals surface area contributed by atoms with Crippen LogP contribution in [0, 0.1) is 11.8 Å². The van der Waals surface area contributed by atoms with Crippen molar-refractivity contribution in [3.8, 4) is 11.8 Å². The minimum Gasteiger partial charge on any atom is -0.330 e. The highest BCUT2D eigenvalue weighted by Gasteiger charge is 1.98. The first kappa shape index (κ1) is 13.8. The van der Waals surface area contributed by atoms with Gasteiger partial charge in [-0.05, 0) is 49.4 Å². The van der Waals surface area contributed by atoms with Gasteiger partial charge in [0.05, 0.1) is 0 Å². The van der Waals surface area contributed by atoms with E-state index >= 15 is 0 Å². The van der Waals surface area contributed by atoms with Crippen molar-refractivity contribution in [2.75, 3.05) is 6.54 Å². The highest BCUT2D eigenvalue weighted by molar-refractivity contribution is 5.44. The maximum absolute atomic E-state index is 5.46. The molecule has 1 nitrogen and oxygen atoms in total.